The molecule has 0 aliphatic rings. The minimum absolute atomic E-state index is 0.0117. The fourth-order valence-corrected chi connectivity index (χ4v) is 1.82. The maximum atomic E-state index is 12.1. The summed E-state index contributed by atoms with van der Waals surface area (Å²) in [6, 6.07) is 7.70. The van der Waals surface area contributed by atoms with Crippen molar-refractivity contribution in [3.8, 4) is 0 Å². The molecule has 0 radical (unpaired) electrons. The van der Waals surface area contributed by atoms with E-state index in [9.17, 15) is 9.59 Å². The van der Waals surface area contributed by atoms with Crippen molar-refractivity contribution < 1.29 is 9.59 Å². The van der Waals surface area contributed by atoms with Crippen LogP contribution in [-0.4, -0.2) is 35.7 Å². The minimum Gasteiger partial charge on any atom is -0.369 e. The molecular formula is C15H22N2O2. The first-order valence-corrected chi connectivity index (χ1v) is 6.58. The first-order chi connectivity index (χ1) is 8.93. The number of ketones is 1. The fraction of sp³-hybridized carbons (Fsp3) is 0.467. The van der Waals surface area contributed by atoms with Crippen LogP contribution >= 0.6 is 0 Å². The van der Waals surface area contributed by atoms with E-state index in [0.29, 0.717) is 5.56 Å². The number of nitrogens with two attached hydrogens (primary N) is 1. The summed E-state index contributed by atoms with van der Waals surface area (Å²) in [6.07, 6.45) is 0.953. The van der Waals surface area contributed by atoms with Crippen molar-refractivity contribution in [1.82, 2.24) is 4.90 Å². The van der Waals surface area contributed by atoms with Crippen LogP contribution in [0, 0.1) is 0 Å². The highest BCUT2D eigenvalue weighted by Crippen LogP contribution is 2.08. The Morgan fingerprint density at radius 3 is 2.16 bits per heavy atom. The highest BCUT2D eigenvalue weighted by Gasteiger charge is 2.17. The van der Waals surface area contributed by atoms with Crippen molar-refractivity contribution in [2.45, 2.75) is 33.2 Å². The topological polar surface area (TPSA) is 63.4 Å². The van der Waals surface area contributed by atoms with Gasteiger partial charge in [0.1, 0.15) is 0 Å². The molecule has 0 aromatic heterocycles. The molecule has 0 aliphatic carbocycles. The molecule has 1 aromatic carbocycles. The fourth-order valence-electron chi connectivity index (χ4n) is 1.82. The van der Waals surface area contributed by atoms with Crippen LogP contribution in [0.15, 0.2) is 24.3 Å². The molecule has 0 fully saturated rings. The summed E-state index contributed by atoms with van der Waals surface area (Å²) in [6.45, 7) is 6.28. The van der Waals surface area contributed by atoms with Gasteiger partial charge in [0, 0.05) is 11.6 Å². The van der Waals surface area contributed by atoms with E-state index in [0.717, 1.165) is 6.42 Å². The molecule has 4 nitrogen and oxygen atoms in total. The second-order valence-corrected chi connectivity index (χ2v) is 4.94. The van der Waals surface area contributed by atoms with Crippen molar-refractivity contribution in [3.63, 3.8) is 0 Å². The van der Waals surface area contributed by atoms with E-state index in [1.54, 1.807) is 4.90 Å². The van der Waals surface area contributed by atoms with E-state index in [2.05, 4.69) is 6.92 Å². The van der Waals surface area contributed by atoms with Crippen LogP contribution in [0.3, 0.4) is 0 Å². The predicted octanol–water partition coefficient (Wildman–Crippen LogP) is 1.63. The lowest BCUT2D eigenvalue weighted by atomic mass is 10.1. The Morgan fingerprint density at radius 1 is 1.16 bits per heavy atom. The largest absolute Gasteiger partial charge is 0.369 e. The summed E-state index contributed by atoms with van der Waals surface area (Å²) in [5.74, 6) is -0.402. The van der Waals surface area contributed by atoms with Gasteiger partial charge in [-0.05, 0) is 25.8 Å². The normalized spacial score (nSPS) is 11.0. The molecule has 0 atom stereocenters. The van der Waals surface area contributed by atoms with E-state index >= 15 is 0 Å². The number of carbonyl (C=O) groups excluding carboxylic acids is 2. The number of carbonyl (C=O) groups is 2. The average molecular weight is 262 g/mol. The monoisotopic (exact) mass is 262 g/mol. The summed E-state index contributed by atoms with van der Waals surface area (Å²) in [5, 5.41) is 0. The molecule has 0 unspecified atom stereocenters. The van der Waals surface area contributed by atoms with Gasteiger partial charge in [-0.1, -0.05) is 31.2 Å². The molecule has 0 aliphatic heterocycles. The maximum absolute atomic E-state index is 12.1. The Labute approximate surface area is 114 Å². The lowest BCUT2D eigenvalue weighted by molar-refractivity contribution is -0.119. The second kappa shape index (κ2) is 7.04. The van der Waals surface area contributed by atoms with Crippen LogP contribution in [0.5, 0.6) is 0 Å². The summed E-state index contributed by atoms with van der Waals surface area (Å²) >= 11 is 0. The van der Waals surface area contributed by atoms with E-state index in [1.165, 1.54) is 5.56 Å². The zero-order valence-electron chi connectivity index (χ0n) is 11.8. The molecular weight excluding hydrogens is 240 g/mol. The van der Waals surface area contributed by atoms with Gasteiger partial charge in [0.2, 0.25) is 5.91 Å². The van der Waals surface area contributed by atoms with Gasteiger partial charge in [0.15, 0.2) is 5.78 Å². The van der Waals surface area contributed by atoms with Crippen LogP contribution in [0.25, 0.3) is 0 Å². The third-order valence-corrected chi connectivity index (χ3v) is 3.12. The number of aryl methyl sites for hydroxylation is 1. The number of Topliss-reactive ketones (excluding diaryl/α,β-unsaturated/α-hetero) is 1. The van der Waals surface area contributed by atoms with Crippen LogP contribution in [0.2, 0.25) is 0 Å². The van der Waals surface area contributed by atoms with Crippen molar-refractivity contribution >= 4 is 11.7 Å². The predicted molar refractivity (Wildman–Crippen MR) is 76.1 cm³/mol. The number of hydrogen-bond acceptors (Lipinski definition) is 3. The highest BCUT2D eigenvalue weighted by molar-refractivity contribution is 5.97. The molecule has 0 saturated heterocycles. The minimum atomic E-state index is -0.414. The molecule has 0 saturated carbocycles. The van der Waals surface area contributed by atoms with Crippen molar-refractivity contribution in [2.24, 2.45) is 5.73 Å². The van der Waals surface area contributed by atoms with E-state index in [-0.39, 0.29) is 24.9 Å². The molecule has 4 heteroatoms. The Bertz CT molecular complexity index is 438. The van der Waals surface area contributed by atoms with Gasteiger partial charge in [-0.3, -0.25) is 14.5 Å². The lowest BCUT2D eigenvalue weighted by Gasteiger charge is -2.24. The highest BCUT2D eigenvalue weighted by atomic mass is 16.1. The van der Waals surface area contributed by atoms with Crippen LogP contribution in [0.1, 0.15) is 36.7 Å². The van der Waals surface area contributed by atoms with Crippen molar-refractivity contribution in [2.75, 3.05) is 13.1 Å². The van der Waals surface area contributed by atoms with E-state index in [1.807, 2.05) is 38.1 Å². The smallest absolute Gasteiger partial charge is 0.231 e. The molecule has 2 N–H and O–H groups in total. The summed E-state index contributed by atoms with van der Waals surface area (Å²) in [5.41, 5.74) is 7.07. The average Bonchev–Trinajstić information content (AvgIpc) is 2.37. The third kappa shape index (κ3) is 4.83. The van der Waals surface area contributed by atoms with Gasteiger partial charge >= 0.3 is 0 Å². The Morgan fingerprint density at radius 2 is 1.74 bits per heavy atom. The Kier molecular flexibility index (Phi) is 5.70. The molecule has 0 heterocycles. The van der Waals surface area contributed by atoms with Crippen molar-refractivity contribution in [1.29, 1.82) is 0 Å². The van der Waals surface area contributed by atoms with E-state index < -0.39 is 5.91 Å². The summed E-state index contributed by atoms with van der Waals surface area (Å²) in [7, 11) is 0. The number of amides is 1. The first kappa shape index (κ1) is 15.4. The van der Waals surface area contributed by atoms with Gasteiger partial charge in [-0.15, -0.1) is 0 Å². The molecule has 104 valence electrons. The maximum Gasteiger partial charge on any atom is 0.231 e. The van der Waals surface area contributed by atoms with Crippen LogP contribution in [-0.2, 0) is 11.2 Å². The zero-order chi connectivity index (χ0) is 14.4. The second-order valence-electron chi connectivity index (χ2n) is 4.94. The zero-order valence-corrected chi connectivity index (χ0v) is 11.8. The number of rotatable bonds is 7. The number of nitrogens with zero attached hydrogens (tertiary/aromatic N) is 1. The Hall–Kier alpha value is -1.68. The van der Waals surface area contributed by atoms with Gasteiger partial charge in [0.25, 0.3) is 0 Å². The summed E-state index contributed by atoms with van der Waals surface area (Å²) < 4.78 is 0. The number of primary amides is 1. The van der Waals surface area contributed by atoms with E-state index in [4.69, 9.17) is 5.73 Å². The first-order valence-electron chi connectivity index (χ1n) is 6.58. The molecule has 1 rings (SSSR count). The van der Waals surface area contributed by atoms with Gasteiger partial charge in [-0.25, -0.2) is 0 Å². The molecule has 19 heavy (non-hydrogen) atoms. The number of hydrogen-bond donors (Lipinski definition) is 1. The quantitative estimate of drug-likeness (QED) is 0.760. The summed E-state index contributed by atoms with van der Waals surface area (Å²) in [4.78, 5) is 24.9. The van der Waals surface area contributed by atoms with Gasteiger partial charge < -0.3 is 5.73 Å². The van der Waals surface area contributed by atoms with Gasteiger partial charge in [-0.2, -0.15) is 0 Å². The van der Waals surface area contributed by atoms with Crippen LogP contribution in [0.4, 0.5) is 0 Å². The third-order valence-electron chi connectivity index (χ3n) is 3.12. The standard InChI is InChI=1S/C15H22N2O2/c1-4-12-5-7-13(8-6-12)14(18)9-17(11(2)3)10-15(16)19/h5-8,11H,4,9-10H2,1-3H3,(H2,16,19). The SMILES string of the molecule is CCc1ccc(C(=O)CN(CC(N)=O)C(C)C)cc1. The van der Waals surface area contributed by atoms with Gasteiger partial charge in [0.05, 0.1) is 13.1 Å². The molecule has 0 bridgehead atoms. The number of benzene rings is 1. The molecule has 1 aromatic rings. The van der Waals surface area contributed by atoms with Crippen molar-refractivity contribution in [3.05, 3.63) is 35.4 Å². The molecule has 1 amide bonds. The van der Waals surface area contributed by atoms with Crippen LogP contribution < -0.4 is 5.73 Å². The molecule has 0 spiro atoms. The lowest BCUT2D eigenvalue weighted by Crippen LogP contribution is -2.41. The Balaban J connectivity index is 2.72.